The minimum absolute atomic E-state index is 0.153. The molecular formula is C29H38F3N5O2S. The topological polar surface area (TPSA) is 63.5 Å². The summed E-state index contributed by atoms with van der Waals surface area (Å²) in [4.78, 5) is 16.0. The van der Waals surface area contributed by atoms with E-state index >= 15 is 0 Å². The van der Waals surface area contributed by atoms with Crippen LogP contribution in [0.2, 0.25) is 0 Å². The minimum atomic E-state index is -4.69. The molecule has 2 aromatic carbocycles. The summed E-state index contributed by atoms with van der Waals surface area (Å²) in [7, 11) is 1.92. The average molecular weight is 578 g/mol. The number of allylic oxidation sites excluding steroid dienone is 2. The van der Waals surface area contributed by atoms with Crippen molar-refractivity contribution >= 4 is 29.1 Å². The molecule has 7 nitrogen and oxygen atoms in total. The van der Waals surface area contributed by atoms with E-state index < -0.39 is 6.36 Å². The number of hydrogen-bond acceptors (Lipinski definition) is 6. The van der Waals surface area contributed by atoms with Crippen LogP contribution in [0.15, 0.2) is 60.9 Å². The summed E-state index contributed by atoms with van der Waals surface area (Å²) in [6, 6.07) is 13.6. The van der Waals surface area contributed by atoms with Gasteiger partial charge in [-0.25, -0.2) is 14.7 Å². The van der Waals surface area contributed by atoms with E-state index in [2.05, 4.69) is 47.7 Å². The highest BCUT2D eigenvalue weighted by Crippen LogP contribution is 2.33. The fourth-order valence-electron chi connectivity index (χ4n) is 3.70. The molecule has 0 unspecified atom stereocenters. The third kappa shape index (κ3) is 9.41. The maximum Gasteiger partial charge on any atom is 0.573 e. The van der Waals surface area contributed by atoms with Crippen molar-refractivity contribution in [3.63, 3.8) is 0 Å². The molecule has 1 saturated heterocycles. The van der Waals surface area contributed by atoms with Gasteiger partial charge in [0.05, 0.1) is 17.1 Å². The molecule has 11 heteroatoms. The van der Waals surface area contributed by atoms with Gasteiger partial charge >= 0.3 is 6.36 Å². The maximum atomic E-state index is 12.1. The third-order valence-corrected chi connectivity index (χ3v) is 6.51. The van der Waals surface area contributed by atoms with E-state index in [0.29, 0.717) is 23.2 Å². The van der Waals surface area contributed by atoms with Gasteiger partial charge in [-0.3, -0.25) is 4.79 Å². The van der Waals surface area contributed by atoms with Crippen LogP contribution in [0.5, 0.6) is 5.75 Å². The fourth-order valence-corrected chi connectivity index (χ4v) is 4.41. The van der Waals surface area contributed by atoms with Gasteiger partial charge in [0.2, 0.25) is 0 Å². The number of unbranched alkanes of at least 4 members (excludes halogenated alkanes) is 1. The van der Waals surface area contributed by atoms with E-state index in [9.17, 15) is 18.0 Å². The fraction of sp³-hybridized carbons (Fsp3) is 0.414. The van der Waals surface area contributed by atoms with Crippen LogP contribution in [-0.2, 0) is 4.79 Å². The van der Waals surface area contributed by atoms with E-state index in [1.54, 1.807) is 5.01 Å². The lowest BCUT2D eigenvalue weighted by atomic mass is 10.0. The second kappa shape index (κ2) is 15.5. The Labute approximate surface area is 239 Å². The van der Waals surface area contributed by atoms with Crippen LogP contribution in [0.1, 0.15) is 71.7 Å². The van der Waals surface area contributed by atoms with Crippen LogP contribution >= 0.6 is 11.9 Å². The summed E-state index contributed by atoms with van der Waals surface area (Å²) in [5.41, 5.74) is 3.80. The molecule has 40 heavy (non-hydrogen) atoms. The zero-order chi connectivity index (χ0) is 29.9. The number of hydrogen-bond donors (Lipinski definition) is 0. The van der Waals surface area contributed by atoms with E-state index in [-0.39, 0.29) is 11.7 Å². The largest absolute Gasteiger partial charge is 0.573 e. The van der Waals surface area contributed by atoms with Crippen LogP contribution in [0.4, 0.5) is 18.9 Å². The first-order valence-electron chi connectivity index (χ1n) is 13.2. The summed E-state index contributed by atoms with van der Waals surface area (Å²) in [6.45, 7) is 12.3. The number of rotatable bonds is 7. The number of alkyl halides is 3. The molecule has 0 saturated carbocycles. The van der Waals surface area contributed by atoms with Gasteiger partial charge in [0.15, 0.2) is 5.82 Å². The van der Waals surface area contributed by atoms with Gasteiger partial charge < -0.3 is 4.74 Å². The van der Waals surface area contributed by atoms with Crippen molar-refractivity contribution in [3.05, 3.63) is 72.3 Å². The molecule has 1 aromatic heterocycles. The molecule has 0 spiro atoms. The lowest BCUT2D eigenvalue weighted by Crippen LogP contribution is -2.35. The molecular weight excluding hydrogens is 539 g/mol. The second-order valence-corrected chi connectivity index (χ2v) is 9.96. The predicted molar refractivity (Wildman–Crippen MR) is 156 cm³/mol. The van der Waals surface area contributed by atoms with Crippen molar-refractivity contribution in [1.29, 1.82) is 0 Å². The second-order valence-electron chi connectivity index (χ2n) is 8.89. The number of ether oxygens (including phenoxy) is 1. The number of nitrogens with zero attached hydrogens (tertiary/aromatic N) is 5. The molecule has 0 N–H and O–H groups in total. The molecule has 0 radical (unpaired) electrons. The average Bonchev–Trinajstić information content (AvgIpc) is 3.55. The van der Waals surface area contributed by atoms with Crippen LogP contribution < -0.4 is 9.75 Å². The van der Waals surface area contributed by atoms with Crippen LogP contribution in [-0.4, -0.2) is 44.2 Å². The standard InChI is InChI=1S/C15H16F3N3O.C12H16N2OS.C2H6/c1-3-4-5-11(2)14-19-10-21(20-14)12-6-8-13(9-7-12)22-15(16,17)18;1-9(2)10-6-4-5-7-11(10)14-12(15)8-16-13(14)3;1-2/h5-10H,3-4H2,1-2H3;4-7,9H,8H2,1-3H3;1-2H3/b11-5+;;. The van der Waals surface area contributed by atoms with Gasteiger partial charge in [-0.05, 0) is 72.7 Å². The van der Waals surface area contributed by atoms with Gasteiger partial charge in [-0.1, -0.05) is 65.3 Å². The van der Waals surface area contributed by atoms with Gasteiger partial charge in [-0.15, -0.1) is 18.3 Å². The smallest absolute Gasteiger partial charge is 0.406 e. The zero-order valence-corrected chi connectivity index (χ0v) is 24.9. The summed E-state index contributed by atoms with van der Waals surface area (Å²) in [6.07, 6.45) is 0.879. The molecule has 4 rings (SSSR count). The summed E-state index contributed by atoms with van der Waals surface area (Å²) >= 11 is 1.54. The number of para-hydroxylation sites is 1. The van der Waals surface area contributed by atoms with Crippen LogP contribution in [0, 0.1) is 0 Å². The first-order valence-corrected chi connectivity index (χ1v) is 14.2. The number of carbonyl (C=O) groups excluding carboxylic acids is 1. The Morgan fingerprint density at radius 1 is 1.12 bits per heavy atom. The molecule has 2 heterocycles. The Bertz CT molecular complexity index is 1240. The third-order valence-electron chi connectivity index (χ3n) is 5.60. The molecule has 0 bridgehead atoms. The maximum absolute atomic E-state index is 12.1. The normalized spacial score (nSPS) is 14.0. The minimum Gasteiger partial charge on any atom is -0.406 e. The van der Waals surface area contributed by atoms with Crippen molar-refractivity contribution in [1.82, 2.24) is 19.2 Å². The van der Waals surface area contributed by atoms with E-state index in [1.165, 1.54) is 52.8 Å². The number of amides is 1. The molecule has 1 aliphatic rings. The quantitative estimate of drug-likeness (QED) is 0.265. The molecule has 3 aromatic rings. The SMILES string of the molecule is CC.CC(C)c1ccccc1N1C(=O)CSN1C.CCC/C=C(\C)c1ncn(-c2ccc(OC(F)(F)F)cc2)n1. The number of halogens is 3. The summed E-state index contributed by atoms with van der Waals surface area (Å²) in [5, 5.41) is 6.08. The highest BCUT2D eigenvalue weighted by atomic mass is 32.2. The van der Waals surface area contributed by atoms with E-state index in [4.69, 9.17) is 0 Å². The van der Waals surface area contributed by atoms with Crippen molar-refractivity contribution in [2.24, 2.45) is 0 Å². The number of carbonyl (C=O) groups is 1. The van der Waals surface area contributed by atoms with Crippen molar-refractivity contribution in [2.45, 2.75) is 66.7 Å². The number of hydrazine groups is 1. The van der Waals surface area contributed by atoms with E-state index in [0.717, 1.165) is 24.1 Å². The van der Waals surface area contributed by atoms with Crippen molar-refractivity contribution in [3.8, 4) is 11.4 Å². The van der Waals surface area contributed by atoms with E-state index in [1.807, 2.05) is 50.4 Å². The van der Waals surface area contributed by atoms with Crippen LogP contribution in [0.3, 0.4) is 0 Å². The van der Waals surface area contributed by atoms with Crippen LogP contribution in [0.25, 0.3) is 11.3 Å². The Balaban J connectivity index is 0.000000275. The monoisotopic (exact) mass is 577 g/mol. The molecule has 0 aliphatic carbocycles. The Hall–Kier alpha value is -3.31. The number of anilines is 1. The summed E-state index contributed by atoms with van der Waals surface area (Å²) < 4.78 is 43.6. The van der Waals surface area contributed by atoms with Gasteiger partial charge in [-0.2, -0.15) is 4.41 Å². The highest BCUT2D eigenvalue weighted by Gasteiger charge is 2.31. The van der Waals surface area contributed by atoms with Crippen molar-refractivity contribution in [2.75, 3.05) is 17.8 Å². The molecule has 1 fully saturated rings. The lowest BCUT2D eigenvalue weighted by molar-refractivity contribution is -0.274. The zero-order valence-electron chi connectivity index (χ0n) is 24.1. The predicted octanol–water partition coefficient (Wildman–Crippen LogP) is 8.05. The molecule has 1 aliphatic heterocycles. The highest BCUT2D eigenvalue weighted by molar-refractivity contribution is 7.98. The number of benzene rings is 2. The Morgan fingerprint density at radius 3 is 2.33 bits per heavy atom. The molecule has 218 valence electrons. The van der Waals surface area contributed by atoms with Gasteiger partial charge in [0.1, 0.15) is 12.1 Å². The summed E-state index contributed by atoms with van der Waals surface area (Å²) in [5.74, 6) is 1.44. The van der Waals surface area contributed by atoms with Gasteiger partial charge in [0, 0.05) is 7.05 Å². The van der Waals surface area contributed by atoms with Gasteiger partial charge in [0.25, 0.3) is 5.91 Å². The lowest BCUT2D eigenvalue weighted by Gasteiger charge is -2.26. The number of aromatic nitrogens is 3. The molecule has 0 atom stereocenters. The van der Waals surface area contributed by atoms with Crippen molar-refractivity contribution < 1.29 is 22.7 Å². The Kier molecular flexibility index (Phi) is 12.7. The first-order chi connectivity index (χ1) is 19.0. The first kappa shape index (κ1) is 32.9. The Morgan fingerprint density at radius 2 is 1.77 bits per heavy atom. The molecule has 1 amide bonds.